The van der Waals surface area contributed by atoms with Gasteiger partial charge in [-0.1, -0.05) is 36.8 Å². The average molecular weight is 400 g/mol. The highest BCUT2D eigenvalue weighted by molar-refractivity contribution is 7.80. The summed E-state index contributed by atoms with van der Waals surface area (Å²) in [5, 5.41) is 5.13. The fourth-order valence-corrected chi connectivity index (χ4v) is 3.37. The molecule has 9 heteroatoms. The Labute approximate surface area is 161 Å². The van der Waals surface area contributed by atoms with E-state index in [2.05, 4.69) is 39.3 Å². The maximum Gasteiger partial charge on any atom is 0.311 e. The summed E-state index contributed by atoms with van der Waals surface area (Å²) in [6, 6.07) is 10.0. The van der Waals surface area contributed by atoms with E-state index >= 15 is 0 Å². The smallest absolute Gasteiger partial charge is 0.311 e. The van der Waals surface area contributed by atoms with Gasteiger partial charge in [-0.05, 0) is 37.0 Å². The molecule has 0 heterocycles. The van der Waals surface area contributed by atoms with Crippen LogP contribution in [-0.4, -0.2) is 46.7 Å². The van der Waals surface area contributed by atoms with Gasteiger partial charge in [-0.2, -0.15) is 12.8 Å². The predicted molar refractivity (Wildman–Crippen MR) is 104 cm³/mol. The monoisotopic (exact) mass is 399 g/mol. The molecule has 7 nitrogen and oxygen atoms in total. The summed E-state index contributed by atoms with van der Waals surface area (Å²) in [7, 11) is 1.02. The van der Waals surface area contributed by atoms with E-state index in [4.69, 9.17) is 4.74 Å². The van der Waals surface area contributed by atoms with Crippen LogP contribution >= 0.6 is 12.2 Å². The standard InChI is InChI=1S/C14H19NO3S.C3H6N2OS/c1-18-10-6-5-9-14(11-13(14)15-19(16)17)12-7-3-2-4-8-12;1-4-3(7)5-2-6/h2-4,7-8,13H,5-6,9-11H2,1H3;2H,1H3,(H2,4,5,6,7). The zero-order valence-corrected chi connectivity index (χ0v) is 16.6. The van der Waals surface area contributed by atoms with Gasteiger partial charge in [0.05, 0.1) is 6.04 Å². The minimum Gasteiger partial charge on any atom is -0.385 e. The van der Waals surface area contributed by atoms with Crippen molar-refractivity contribution < 1.29 is 17.9 Å². The van der Waals surface area contributed by atoms with Gasteiger partial charge < -0.3 is 15.4 Å². The number of carbonyl (C=O) groups is 1. The number of nitrogens with one attached hydrogen (secondary N) is 2. The van der Waals surface area contributed by atoms with Gasteiger partial charge >= 0.3 is 10.5 Å². The van der Waals surface area contributed by atoms with E-state index in [-0.39, 0.29) is 11.5 Å². The summed E-state index contributed by atoms with van der Waals surface area (Å²) >= 11 is 4.50. The quantitative estimate of drug-likeness (QED) is 0.393. The van der Waals surface area contributed by atoms with E-state index in [1.807, 2.05) is 18.2 Å². The van der Waals surface area contributed by atoms with Gasteiger partial charge in [0.25, 0.3) is 0 Å². The Balaban J connectivity index is 0.000000412. The molecule has 1 aliphatic carbocycles. The van der Waals surface area contributed by atoms with Crippen LogP contribution in [0.1, 0.15) is 31.2 Å². The predicted octanol–water partition coefficient (Wildman–Crippen LogP) is 1.81. The molecule has 0 aliphatic heterocycles. The van der Waals surface area contributed by atoms with Gasteiger partial charge in [0.15, 0.2) is 5.11 Å². The zero-order chi connectivity index (χ0) is 19.4. The molecule has 2 N–H and O–H groups in total. The van der Waals surface area contributed by atoms with Crippen molar-refractivity contribution >= 4 is 34.2 Å². The highest BCUT2D eigenvalue weighted by Crippen LogP contribution is 2.54. The van der Waals surface area contributed by atoms with Crippen LogP contribution < -0.4 is 10.6 Å². The second-order valence-corrected chi connectivity index (χ2v) is 6.91. The van der Waals surface area contributed by atoms with Gasteiger partial charge in [0.1, 0.15) is 0 Å². The number of ether oxygens (including phenoxy) is 1. The largest absolute Gasteiger partial charge is 0.385 e. The second-order valence-electron chi connectivity index (χ2n) is 5.86. The van der Waals surface area contributed by atoms with E-state index in [0.29, 0.717) is 11.5 Å². The summed E-state index contributed by atoms with van der Waals surface area (Å²) in [5.41, 5.74) is 1.13. The Morgan fingerprint density at radius 1 is 1.38 bits per heavy atom. The summed E-state index contributed by atoms with van der Waals surface area (Å²) in [5.74, 6) is 0. The second kappa shape index (κ2) is 11.7. The SMILES string of the molecule is CNC(=S)NC=O.COCCCCC1(c2ccccc2)CC1N=S(=O)=O. The molecule has 26 heavy (non-hydrogen) atoms. The fourth-order valence-electron chi connectivity index (χ4n) is 2.83. The fraction of sp³-hybridized carbons (Fsp3) is 0.529. The number of thiocarbonyl (C=S) groups is 1. The molecule has 2 atom stereocenters. The van der Waals surface area contributed by atoms with Crippen LogP contribution in [0, 0.1) is 0 Å². The lowest BCUT2D eigenvalue weighted by Crippen LogP contribution is -2.30. The molecule has 0 radical (unpaired) electrons. The number of rotatable bonds is 8. The molecule has 0 aromatic heterocycles. The number of hydrogen-bond donors (Lipinski definition) is 2. The molecule has 144 valence electrons. The van der Waals surface area contributed by atoms with Crippen LogP contribution in [0.15, 0.2) is 34.7 Å². The number of benzene rings is 1. The third kappa shape index (κ3) is 7.19. The molecule has 1 aliphatic rings. The van der Waals surface area contributed by atoms with E-state index < -0.39 is 10.5 Å². The van der Waals surface area contributed by atoms with Crippen LogP contribution in [0.2, 0.25) is 0 Å². The van der Waals surface area contributed by atoms with Crippen LogP contribution in [0.25, 0.3) is 0 Å². The molecule has 1 amide bonds. The average Bonchev–Trinajstić information content (AvgIpc) is 3.33. The lowest BCUT2D eigenvalue weighted by Gasteiger charge is -2.16. The minimum absolute atomic E-state index is 0.0743. The summed E-state index contributed by atoms with van der Waals surface area (Å²) in [6.45, 7) is 0.750. The topological polar surface area (TPSA) is 96.9 Å². The van der Waals surface area contributed by atoms with Crippen molar-refractivity contribution in [1.29, 1.82) is 0 Å². The van der Waals surface area contributed by atoms with Crippen LogP contribution in [-0.2, 0) is 25.4 Å². The number of unbranched alkanes of at least 4 members (excludes halogenated alkanes) is 1. The Morgan fingerprint density at radius 2 is 2.08 bits per heavy atom. The maximum absolute atomic E-state index is 10.8. The van der Waals surface area contributed by atoms with Crippen molar-refractivity contribution in [3.8, 4) is 0 Å². The third-order valence-corrected chi connectivity index (χ3v) is 4.98. The number of hydrogen-bond acceptors (Lipinski definition) is 6. The van der Waals surface area contributed by atoms with Crippen molar-refractivity contribution in [1.82, 2.24) is 10.6 Å². The van der Waals surface area contributed by atoms with Gasteiger partial charge in [0, 0.05) is 26.2 Å². The first-order valence-corrected chi connectivity index (χ1v) is 9.70. The number of amides is 1. The normalized spacial score (nSPS) is 20.2. The van der Waals surface area contributed by atoms with Crippen molar-refractivity contribution in [3.05, 3.63) is 35.9 Å². The highest BCUT2D eigenvalue weighted by Gasteiger charge is 2.55. The van der Waals surface area contributed by atoms with Gasteiger partial charge in [-0.3, -0.25) is 4.79 Å². The molecule has 1 aromatic rings. The zero-order valence-electron chi connectivity index (χ0n) is 15.0. The molecule has 1 aromatic carbocycles. The van der Waals surface area contributed by atoms with Gasteiger partial charge in [0.2, 0.25) is 6.41 Å². The first-order valence-electron chi connectivity index (χ1n) is 8.26. The van der Waals surface area contributed by atoms with Crippen molar-refractivity contribution in [2.75, 3.05) is 20.8 Å². The number of nitrogens with zero attached hydrogens (tertiary/aromatic N) is 1. The van der Waals surface area contributed by atoms with Crippen molar-refractivity contribution in [2.45, 2.75) is 37.1 Å². The van der Waals surface area contributed by atoms with Crippen molar-refractivity contribution in [2.24, 2.45) is 4.36 Å². The van der Waals surface area contributed by atoms with Crippen molar-refractivity contribution in [3.63, 3.8) is 0 Å². The van der Waals surface area contributed by atoms with Gasteiger partial charge in [-0.25, -0.2) is 0 Å². The summed E-state index contributed by atoms with van der Waals surface area (Å²) < 4.78 is 30.4. The molecule has 2 unspecified atom stereocenters. The molecule has 1 fully saturated rings. The summed E-state index contributed by atoms with van der Waals surface area (Å²) in [6.07, 6.45) is 4.35. The molecule has 0 spiro atoms. The van der Waals surface area contributed by atoms with E-state index in [0.717, 1.165) is 32.3 Å². The van der Waals surface area contributed by atoms with Crippen LogP contribution in [0.4, 0.5) is 0 Å². The Bertz CT molecular complexity index is 702. The maximum atomic E-state index is 10.8. The molecule has 0 bridgehead atoms. The molecule has 2 rings (SSSR count). The van der Waals surface area contributed by atoms with Gasteiger partial charge in [-0.15, -0.1) is 0 Å². The lowest BCUT2D eigenvalue weighted by atomic mass is 9.89. The first kappa shape index (κ1) is 22.2. The Hall–Kier alpha value is -1.84. The van der Waals surface area contributed by atoms with Crippen LogP contribution in [0.3, 0.4) is 0 Å². The molecular weight excluding hydrogens is 374 g/mol. The molecular formula is C17H25N3O4S2. The summed E-state index contributed by atoms with van der Waals surface area (Å²) in [4.78, 5) is 9.54. The lowest BCUT2D eigenvalue weighted by molar-refractivity contribution is -0.108. The Kier molecular flexibility index (Phi) is 10.0. The number of carbonyl (C=O) groups excluding carboxylic acids is 1. The van der Waals surface area contributed by atoms with E-state index in [9.17, 15) is 13.2 Å². The van der Waals surface area contributed by atoms with E-state index in [1.165, 1.54) is 5.56 Å². The van der Waals surface area contributed by atoms with Crippen LogP contribution in [0.5, 0.6) is 0 Å². The Morgan fingerprint density at radius 3 is 2.58 bits per heavy atom. The van der Waals surface area contributed by atoms with E-state index in [1.54, 1.807) is 14.2 Å². The minimum atomic E-state index is -2.31. The number of methoxy groups -OCH3 is 1. The molecule has 0 saturated heterocycles. The first-order chi connectivity index (χ1) is 12.5. The third-order valence-electron chi connectivity index (χ3n) is 4.24. The molecule has 1 saturated carbocycles. The highest BCUT2D eigenvalue weighted by atomic mass is 32.2.